The van der Waals surface area contributed by atoms with Gasteiger partial charge in [-0.3, -0.25) is 9.59 Å². The van der Waals surface area contributed by atoms with Crippen molar-refractivity contribution in [3.8, 4) is 11.3 Å². The first kappa shape index (κ1) is 21.8. The third-order valence-corrected chi connectivity index (χ3v) is 5.16. The molecule has 3 rings (SSSR count). The Kier molecular flexibility index (Phi) is 5.89. The summed E-state index contributed by atoms with van der Waals surface area (Å²) in [6.45, 7) is 5.43. The molecule has 1 aromatic carbocycles. The van der Waals surface area contributed by atoms with Gasteiger partial charge in [-0.1, -0.05) is 32.1 Å². The van der Waals surface area contributed by atoms with E-state index in [1.807, 2.05) is 20.8 Å². The van der Waals surface area contributed by atoms with Crippen LogP contribution in [0.2, 0.25) is 0 Å². The molecule has 2 N–H and O–H groups in total. The molecule has 1 aromatic heterocycles. The minimum absolute atomic E-state index is 0.00694. The summed E-state index contributed by atoms with van der Waals surface area (Å²) in [5.74, 6) is -2.38. The highest BCUT2D eigenvalue weighted by atomic mass is 19.1. The number of nitrogens with zero attached hydrogens (tertiary/aromatic N) is 4. The highest BCUT2D eigenvalue weighted by molar-refractivity contribution is 5.90. The smallest absolute Gasteiger partial charge is 0.248 e. The van der Waals surface area contributed by atoms with Crippen LogP contribution in [0.3, 0.4) is 0 Å². The topological polar surface area (TPSA) is 100 Å². The van der Waals surface area contributed by atoms with Crippen molar-refractivity contribution >= 4 is 11.8 Å². The van der Waals surface area contributed by atoms with Crippen LogP contribution in [-0.2, 0) is 9.59 Å². The number of aromatic nitrogens is 3. The van der Waals surface area contributed by atoms with Crippen molar-refractivity contribution in [1.82, 2.24) is 25.2 Å². The molecule has 8 nitrogen and oxygen atoms in total. The summed E-state index contributed by atoms with van der Waals surface area (Å²) < 4.78 is 29.5. The van der Waals surface area contributed by atoms with Gasteiger partial charge < -0.3 is 15.3 Å². The second-order valence-corrected chi connectivity index (χ2v) is 8.46. The fourth-order valence-corrected chi connectivity index (χ4v) is 3.77. The highest BCUT2D eigenvalue weighted by Gasteiger charge is 2.45. The first-order valence-electron chi connectivity index (χ1n) is 9.61. The molecule has 0 saturated carbocycles. The SMILES string of the molecule is CNC(=O)[C@H]1CC(O)CN1C(=O)C(n1cc(-c2c(F)cccc2F)nn1)C(C)(C)C. The molecule has 1 aliphatic rings. The van der Waals surface area contributed by atoms with E-state index in [1.54, 1.807) is 0 Å². The number of hydrogen-bond donors (Lipinski definition) is 2. The highest BCUT2D eigenvalue weighted by Crippen LogP contribution is 2.35. The number of β-amino-alcohol motifs (C(OH)–C–C–N with tert-alkyl or cyclic N) is 1. The van der Waals surface area contributed by atoms with Gasteiger partial charge in [0.05, 0.1) is 17.9 Å². The van der Waals surface area contributed by atoms with Crippen molar-refractivity contribution in [3.05, 3.63) is 36.0 Å². The van der Waals surface area contributed by atoms with Crippen LogP contribution in [0, 0.1) is 17.0 Å². The largest absolute Gasteiger partial charge is 0.391 e. The Morgan fingerprint density at radius 1 is 1.27 bits per heavy atom. The Balaban J connectivity index is 1.99. The van der Waals surface area contributed by atoms with Crippen molar-refractivity contribution in [2.45, 2.75) is 45.4 Å². The van der Waals surface area contributed by atoms with Crippen LogP contribution in [0.15, 0.2) is 24.4 Å². The maximum Gasteiger partial charge on any atom is 0.248 e. The molecule has 2 aromatic rings. The molecule has 1 saturated heterocycles. The number of benzene rings is 1. The Bertz CT molecular complexity index is 936. The van der Waals surface area contributed by atoms with E-state index in [0.29, 0.717) is 0 Å². The molecule has 162 valence electrons. The van der Waals surface area contributed by atoms with Crippen molar-refractivity contribution in [2.24, 2.45) is 5.41 Å². The number of carbonyl (C=O) groups excluding carboxylic acids is 2. The molecule has 1 aliphatic heterocycles. The number of aliphatic hydroxyl groups excluding tert-OH is 1. The van der Waals surface area contributed by atoms with Gasteiger partial charge in [-0.15, -0.1) is 5.10 Å². The Labute approximate surface area is 172 Å². The third kappa shape index (κ3) is 4.04. The summed E-state index contributed by atoms with van der Waals surface area (Å²) >= 11 is 0. The van der Waals surface area contributed by atoms with Crippen LogP contribution in [-0.4, -0.2) is 62.6 Å². The summed E-state index contributed by atoms with van der Waals surface area (Å²) in [7, 11) is 1.46. The number of carbonyl (C=O) groups is 2. The average Bonchev–Trinajstić information content (AvgIpc) is 3.27. The van der Waals surface area contributed by atoms with E-state index in [4.69, 9.17) is 0 Å². The van der Waals surface area contributed by atoms with Gasteiger partial charge in [-0.2, -0.15) is 0 Å². The number of likely N-dealkylation sites (tertiary alicyclic amines) is 1. The summed E-state index contributed by atoms with van der Waals surface area (Å²) in [6.07, 6.45) is 0.623. The molecule has 10 heteroatoms. The van der Waals surface area contributed by atoms with E-state index < -0.39 is 41.1 Å². The normalized spacial score (nSPS) is 20.3. The van der Waals surface area contributed by atoms with Gasteiger partial charge in [0.25, 0.3) is 0 Å². The van der Waals surface area contributed by atoms with Crippen LogP contribution in [0.1, 0.15) is 33.2 Å². The molecule has 0 spiro atoms. The van der Waals surface area contributed by atoms with Crippen molar-refractivity contribution < 1.29 is 23.5 Å². The fourth-order valence-electron chi connectivity index (χ4n) is 3.77. The lowest BCUT2D eigenvalue weighted by molar-refractivity contribution is -0.144. The molecule has 2 heterocycles. The van der Waals surface area contributed by atoms with E-state index in [2.05, 4.69) is 15.6 Å². The maximum absolute atomic E-state index is 14.1. The average molecular weight is 421 g/mol. The lowest BCUT2D eigenvalue weighted by Gasteiger charge is -2.34. The first-order chi connectivity index (χ1) is 14.0. The number of aliphatic hydroxyl groups is 1. The lowest BCUT2D eigenvalue weighted by atomic mass is 9.85. The van der Waals surface area contributed by atoms with Crippen LogP contribution >= 0.6 is 0 Å². The molecular formula is C20H25F2N5O3. The second-order valence-electron chi connectivity index (χ2n) is 8.46. The molecule has 0 bridgehead atoms. The molecule has 30 heavy (non-hydrogen) atoms. The molecule has 2 amide bonds. The van der Waals surface area contributed by atoms with Gasteiger partial charge in [0, 0.05) is 20.0 Å². The minimum Gasteiger partial charge on any atom is -0.391 e. The molecular weight excluding hydrogens is 396 g/mol. The second kappa shape index (κ2) is 8.10. The Morgan fingerprint density at radius 2 is 1.90 bits per heavy atom. The fraction of sp³-hybridized carbons (Fsp3) is 0.500. The van der Waals surface area contributed by atoms with E-state index in [9.17, 15) is 23.5 Å². The molecule has 0 aliphatic carbocycles. The molecule has 1 fully saturated rings. The van der Waals surface area contributed by atoms with Gasteiger partial charge in [0.2, 0.25) is 11.8 Å². The number of nitrogens with one attached hydrogen (secondary N) is 1. The Hall–Kier alpha value is -2.88. The van der Waals surface area contributed by atoms with E-state index in [-0.39, 0.29) is 30.1 Å². The lowest BCUT2D eigenvalue weighted by Crippen LogP contribution is -2.49. The monoisotopic (exact) mass is 421 g/mol. The van der Waals surface area contributed by atoms with Crippen LogP contribution in [0.4, 0.5) is 8.78 Å². The van der Waals surface area contributed by atoms with Gasteiger partial charge >= 0.3 is 0 Å². The zero-order valence-corrected chi connectivity index (χ0v) is 17.3. The number of rotatable bonds is 4. The maximum atomic E-state index is 14.1. The molecule has 3 atom stereocenters. The number of hydrogen-bond acceptors (Lipinski definition) is 5. The first-order valence-corrected chi connectivity index (χ1v) is 9.61. The van der Waals surface area contributed by atoms with Crippen LogP contribution < -0.4 is 5.32 Å². The van der Waals surface area contributed by atoms with Crippen molar-refractivity contribution in [3.63, 3.8) is 0 Å². The predicted molar refractivity (Wildman–Crippen MR) is 104 cm³/mol. The van der Waals surface area contributed by atoms with E-state index >= 15 is 0 Å². The summed E-state index contributed by atoms with van der Waals surface area (Å²) in [5, 5.41) is 20.4. The van der Waals surface area contributed by atoms with Crippen molar-refractivity contribution in [2.75, 3.05) is 13.6 Å². The van der Waals surface area contributed by atoms with E-state index in [0.717, 1.165) is 12.1 Å². The zero-order valence-electron chi connectivity index (χ0n) is 17.3. The summed E-state index contributed by atoms with van der Waals surface area (Å²) in [5.41, 5.74) is -1.04. The molecule has 0 radical (unpaired) electrons. The third-order valence-electron chi connectivity index (χ3n) is 5.16. The van der Waals surface area contributed by atoms with Crippen LogP contribution in [0.25, 0.3) is 11.3 Å². The number of amides is 2. The van der Waals surface area contributed by atoms with E-state index in [1.165, 1.54) is 28.9 Å². The predicted octanol–water partition coefficient (Wildman–Crippen LogP) is 1.52. The Morgan fingerprint density at radius 3 is 2.47 bits per heavy atom. The zero-order chi connectivity index (χ0) is 22.2. The minimum atomic E-state index is -0.911. The van der Waals surface area contributed by atoms with Crippen LogP contribution in [0.5, 0.6) is 0 Å². The summed E-state index contributed by atoms with van der Waals surface area (Å²) in [4.78, 5) is 27.0. The quantitative estimate of drug-likeness (QED) is 0.780. The molecule has 2 unspecified atom stereocenters. The van der Waals surface area contributed by atoms with Gasteiger partial charge in [-0.25, -0.2) is 13.5 Å². The number of halogens is 2. The van der Waals surface area contributed by atoms with Gasteiger partial charge in [0.15, 0.2) is 0 Å². The van der Waals surface area contributed by atoms with Gasteiger partial charge in [-0.05, 0) is 17.5 Å². The van der Waals surface area contributed by atoms with Crippen molar-refractivity contribution in [1.29, 1.82) is 0 Å². The standard InChI is InChI=1S/C20H25F2N5O3/c1-20(2,3)17(19(30)26-9-11(28)8-15(26)18(29)23-4)27-10-14(24-25-27)16-12(21)6-5-7-13(16)22/h5-7,10-11,15,17,28H,8-9H2,1-4H3,(H,23,29)/t11?,15-,17?/m1/s1. The summed E-state index contributed by atoms with van der Waals surface area (Å²) in [6, 6.07) is 1.75. The number of likely N-dealkylation sites (N-methyl/N-ethyl adjacent to an activating group) is 1. The van der Waals surface area contributed by atoms with Gasteiger partial charge in [0.1, 0.15) is 29.4 Å².